The molecule has 0 amide bonds. The average Bonchev–Trinajstić information content (AvgIpc) is 2.93. The molecule has 1 aliphatic heterocycles. The molecular formula is C20H23BN3O+. The number of rotatable bonds is 1. The van der Waals surface area contributed by atoms with Crippen LogP contribution in [0.4, 0.5) is 5.69 Å². The quantitative estimate of drug-likeness (QED) is 0.506. The highest BCUT2D eigenvalue weighted by molar-refractivity contribution is 6.83. The molecule has 0 unspecified atom stereocenters. The molecule has 126 valence electrons. The first kappa shape index (κ1) is 12.8. The largest absolute Gasteiger partial charge is 0.436 e. The van der Waals surface area contributed by atoms with Gasteiger partial charge in [-0.25, -0.2) is 9.55 Å². The number of aromatic nitrogens is 2. The third kappa shape index (κ3) is 2.37. The molecule has 4 nitrogen and oxygen atoms in total. The number of allylic oxidation sites excluding steroid dienone is 1. The molecule has 0 saturated carbocycles. The fourth-order valence-electron chi connectivity index (χ4n) is 3.73. The zero-order chi connectivity index (χ0) is 20.4. The van der Waals surface area contributed by atoms with Crippen LogP contribution in [0, 0.1) is 20.7 Å². The monoisotopic (exact) mass is 335 g/mol. The Bertz CT molecular complexity index is 1130. The van der Waals surface area contributed by atoms with Crippen molar-refractivity contribution in [2.24, 2.45) is 7.05 Å². The molecule has 0 aromatic carbocycles. The normalized spacial score (nSPS) is 16.4. The lowest BCUT2D eigenvalue weighted by molar-refractivity contribution is -0.654. The van der Waals surface area contributed by atoms with E-state index in [9.17, 15) is 0 Å². The van der Waals surface area contributed by atoms with Crippen LogP contribution in [0.5, 0.6) is 0 Å². The standard InChI is InChI=1S/C20H23BN3O/c1-12-9-18(23(5)11-13(12)2)21-14(3)10-17-19(24(21)6)16-8-7-15(4)22-20(16)25-17/h7-11H,1-6H3/q+1/i2D3. The molecule has 3 aromatic rings. The van der Waals surface area contributed by atoms with E-state index in [0.717, 1.165) is 39.2 Å². The fraction of sp³-hybridized carbons (Fsp3) is 0.300. The van der Waals surface area contributed by atoms with Crippen molar-refractivity contribution in [3.8, 4) is 0 Å². The number of hydrogen-bond donors (Lipinski definition) is 0. The van der Waals surface area contributed by atoms with Crippen molar-refractivity contribution in [1.82, 2.24) is 4.98 Å². The molecule has 0 atom stereocenters. The van der Waals surface area contributed by atoms with E-state index in [0.29, 0.717) is 11.3 Å². The summed E-state index contributed by atoms with van der Waals surface area (Å²) in [5.41, 5.74) is 5.88. The Hall–Kier alpha value is -2.56. The Kier molecular flexibility index (Phi) is 2.80. The van der Waals surface area contributed by atoms with Gasteiger partial charge in [-0.2, -0.15) is 0 Å². The van der Waals surface area contributed by atoms with Gasteiger partial charge in [0.05, 0.1) is 11.1 Å². The predicted octanol–water partition coefficient (Wildman–Crippen LogP) is 2.87. The fourth-order valence-corrected chi connectivity index (χ4v) is 3.73. The van der Waals surface area contributed by atoms with E-state index in [1.54, 1.807) is 6.20 Å². The van der Waals surface area contributed by atoms with Gasteiger partial charge in [-0.05, 0) is 58.4 Å². The number of pyridine rings is 2. The van der Waals surface area contributed by atoms with Gasteiger partial charge in [0.15, 0.2) is 17.6 Å². The molecule has 0 bridgehead atoms. The van der Waals surface area contributed by atoms with Crippen molar-refractivity contribution in [3.63, 3.8) is 0 Å². The molecular weight excluding hydrogens is 309 g/mol. The predicted molar refractivity (Wildman–Crippen MR) is 103 cm³/mol. The van der Waals surface area contributed by atoms with Crippen molar-refractivity contribution < 1.29 is 13.1 Å². The number of anilines is 1. The Labute approximate surface area is 153 Å². The van der Waals surface area contributed by atoms with Crippen LogP contribution in [0.2, 0.25) is 0 Å². The maximum absolute atomic E-state index is 7.77. The average molecular weight is 335 g/mol. The van der Waals surface area contributed by atoms with Crippen LogP contribution in [-0.2, 0) is 7.05 Å². The molecule has 4 rings (SSSR count). The summed E-state index contributed by atoms with van der Waals surface area (Å²) in [5.74, 6) is 0.808. The topological polar surface area (TPSA) is 33.1 Å². The van der Waals surface area contributed by atoms with Gasteiger partial charge in [-0.3, -0.25) is 0 Å². The van der Waals surface area contributed by atoms with Crippen molar-refractivity contribution >= 4 is 35.3 Å². The van der Waals surface area contributed by atoms with Crippen molar-refractivity contribution in [2.75, 3.05) is 11.9 Å². The summed E-state index contributed by atoms with van der Waals surface area (Å²) in [4.78, 5) is 6.71. The molecule has 0 radical (unpaired) electrons. The molecule has 5 heteroatoms. The first-order valence-corrected chi connectivity index (χ1v) is 8.39. The van der Waals surface area contributed by atoms with Crippen LogP contribution >= 0.6 is 0 Å². The number of aryl methyl sites for hydroxylation is 4. The number of hydrogen-bond acceptors (Lipinski definition) is 3. The Morgan fingerprint density at radius 3 is 2.80 bits per heavy atom. The highest BCUT2D eigenvalue weighted by Crippen LogP contribution is 2.38. The summed E-state index contributed by atoms with van der Waals surface area (Å²) in [5, 5.41) is 0.982. The molecule has 25 heavy (non-hydrogen) atoms. The minimum atomic E-state index is -2.12. The minimum Gasteiger partial charge on any atom is -0.436 e. The molecule has 0 saturated heterocycles. The van der Waals surface area contributed by atoms with Gasteiger partial charge >= 0.3 is 6.85 Å². The van der Waals surface area contributed by atoms with Crippen LogP contribution in [0.1, 0.15) is 33.6 Å². The van der Waals surface area contributed by atoms with Crippen LogP contribution in [0.3, 0.4) is 0 Å². The highest BCUT2D eigenvalue weighted by atomic mass is 16.3. The van der Waals surface area contributed by atoms with Crippen molar-refractivity contribution in [2.45, 2.75) is 27.6 Å². The second-order valence-corrected chi connectivity index (χ2v) is 6.93. The van der Waals surface area contributed by atoms with E-state index < -0.39 is 6.85 Å². The summed E-state index contributed by atoms with van der Waals surface area (Å²) in [6.07, 6.45) is 3.79. The first-order valence-electron chi connectivity index (χ1n) is 9.89. The first-order chi connectivity index (χ1) is 13.1. The molecule has 4 heterocycles. The molecule has 0 aliphatic carbocycles. The number of furan rings is 1. The lowest BCUT2D eigenvalue weighted by atomic mass is 9.49. The van der Waals surface area contributed by atoms with E-state index >= 15 is 0 Å². The lowest BCUT2D eigenvalue weighted by Crippen LogP contribution is -2.62. The van der Waals surface area contributed by atoms with E-state index in [-0.39, 0.29) is 6.85 Å². The van der Waals surface area contributed by atoms with Gasteiger partial charge in [-0.15, -0.1) is 0 Å². The number of fused-ring (bicyclic) bond motifs is 3. The second-order valence-electron chi connectivity index (χ2n) is 6.93. The second kappa shape index (κ2) is 5.48. The zero-order valence-corrected chi connectivity index (χ0v) is 15.2. The van der Waals surface area contributed by atoms with Gasteiger partial charge in [-0.1, -0.05) is 5.47 Å². The maximum atomic E-state index is 7.77. The van der Waals surface area contributed by atoms with Gasteiger partial charge < -0.3 is 9.23 Å². The third-order valence-corrected chi connectivity index (χ3v) is 5.02. The molecule has 0 spiro atoms. The van der Waals surface area contributed by atoms with Crippen LogP contribution in [0.15, 0.2) is 34.3 Å². The summed E-state index contributed by atoms with van der Waals surface area (Å²) < 4.78 is 31.2. The molecule has 0 N–H and O–H groups in total. The van der Waals surface area contributed by atoms with Gasteiger partial charge in [0.1, 0.15) is 7.05 Å². The minimum absolute atomic E-state index is 0.0241. The number of nitrogens with zero attached hydrogens (tertiary/aromatic N) is 3. The van der Waals surface area contributed by atoms with E-state index in [2.05, 4.69) is 22.8 Å². The molecule has 3 aromatic heterocycles. The van der Waals surface area contributed by atoms with Crippen LogP contribution in [0.25, 0.3) is 17.2 Å². The zero-order valence-electron chi connectivity index (χ0n) is 18.2. The van der Waals surface area contributed by atoms with Crippen molar-refractivity contribution in [3.05, 3.63) is 52.4 Å². The van der Waals surface area contributed by atoms with E-state index in [4.69, 9.17) is 8.53 Å². The summed E-state index contributed by atoms with van der Waals surface area (Å²) in [7, 11) is 3.95. The van der Waals surface area contributed by atoms with Gasteiger partial charge in [0.25, 0.3) is 0 Å². The lowest BCUT2D eigenvalue weighted by Gasteiger charge is -2.29. The van der Waals surface area contributed by atoms with Crippen LogP contribution < -0.4 is 15.0 Å². The SMILES string of the molecule is [2H]C([2H])([2H])c1c[n+](C)c(B2C(C)=Cc3oc4nc(C)ccc4c3N2C)cc1C. The van der Waals surface area contributed by atoms with Gasteiger partial charge in [0.2, 0.25) is 5.71 Å². The van der Waals surface area contributed by atoms with E-state index in [1.165, 1.54) is 0 Å². The Morgan fingerprint density at radius 1 is 1.24 bits per heavy atom. The summed E-state index contributed by atoms with van der Waals surface area (Å²) >= 11 is 0. The van der Waals surface area contributed by atoms with Gasteiger partial charge in [0, 0.05) is 21.4 Å². The highest BCUT2D eigenvalue weighted by Gasteiger charge is 2.39. The summed E-state index contributed by atoms with van der Waals surface area (Å²) in [6, 6.07) is 6.02. The maximum Gasteiger partial charge on any atom is 0.399 e. The smallest absolute Gasteiger partial charge is 0.399 e. The van der Waals surface area contributed by atoms with Crippen molar-refractivity contribution in [1.29, 1.82) is 0 Å². The van der Waals surface area contributed by atoms with E-state index in [1.807, 2.05) is 50.7 Å². The summed E-state index contributed by atoms with van der Waals surface area (Å²) in [6.45, 7) is 3.73. The molecule has 0 fully saturated rings. The third-order valence-electron chi connectivity index (χ3n) is 5.02. The molecule has 1 aliphatic rings. The van der Waals surface area contributed by atoms with Crippen LogP contribution in [-0.4, -0.2) is 18.9 Å². The Balaban J connectivity index is 1.87. The Morgan fingerprint density at radius 2 is 2.04 bits per heavy atom.